The van der Waals surface area contributed by atoms with E-state index in [4.69, 9.17) is 4.98 Å². The van der Waals surface area contributed by atoms with Gasteiger partial charge < -0.3 is 15.0 Å². The lowest BCUT2D eigenvalue weighted by atomic mass is 10.1. The number of likely N-dealkylation sites (tertiary alicyclic amines) is 1. The first-order valence-electron chi connectivity index (χ1n) is 9.62. The maximum atomic E-state index is 13.0. The van der Waals surface area contributed by atoms with Crippen molar-refractivity contribution in [3.63, 3.8) is 0 Å². The van der Waals surface area contributed by atoms with Gasteiger partial charge >= 0.3 is 0 Å². The van der Waals surface area contributed by atoms with Crippen LogP contribution in [0.3, 0.4) is 0 Å². The Balaban J connectivity index is 1.74. The van der Waals surface area contributed by atoms with Crippen molar-refractivity contribution in [3.8, 4) is 11.3 Å². The van der Waals surface area contributed by atoms with Crippen molar-refractivity contribution in [3.05, 3.63) is 54.1 Å². The highest BCUT2D eigenvalue weighted by molar-refractivity contribution is 5.84. The zero-order chi connectivity index (χ0) is 21.0. The Labute approximate surface area is 170 Å². The molecule has 2 atom stereocenters. The predicted octanol–water partition coefficient (Wildman–Crippen LogP) is 3.47. The van der Waals surface area contributed by atoms with Gasteiger partial charge in [0.2, 0.25) is 5.91 Å². The van der Waals surface area contributed by atoms with E-state index in [0.29, 0.717) is 34.7 Å². The standard InChI is InChI=1S/C21H19F2N5O2/c1-11(29)27-10-14(30)8-16(27)21-26-18(12-2-4-13(5-3-12)19(22)23)17-9-25-20-15(28(17)21)6-7-24-20/h2-7,9,14,16,19,24,30H,8,10H2,1H3/t14-,16-/m1/s1. The number of hydrogen-bond donors (Lipinski definition) is 2. The summed E-state index contributed by atoms with van der Waals surface area (Å²) in [5.74, 6) is 0.465. The van der Waals surface area contributed by atoms with Crippen LogP contribution in [0.1, 0.15) is 37.2 Å². The van der Waals surface area contributed by atoms with E-state index in [2.05, 4.69) is 9.97 Å². The van der Waals surface area contributed by atoms with Crippen LogP contribution in [0, 0.1) is 0 Å². The lowest BCUT2D eigenvalue weighted by Crippen LogP contribution is -2.30. The van der Waals surface area contributed by atoms with Gasteiger partial charge in [-0.1, -0.05) is 24.3 Å². The molecule has 3 aromatic heterocycles. The molecule has 9 heteroatoms. The van der Waals surface area contributed by atoms with E-state index in [1.54, 1.807) is 29.4 Å². The second-order valence-corrected chi connectivity index (χ2v) is 7.51. The highest BCUT2D eigenvalue weighted by Crippen LogP contribution is 2.37. The largest absolute Gasteiger partial charge is 0.391 e. The molecule has 30 heavy (non-hydrogen) atoms. The molecule has 0 bridgehead atoms. The van der Waals surface area contributed by atoms with Gasteiger partial charge in [-0.15, -0.1) is 0 Å². The molecule has 2 N–H and O–H groups in total. The molecule has 0 aliphatic carbocycles. The van der Waals surface area contributed by atoms with Crippen molar-refractivity contribution in [1.82, 2.24) is 24.3 Å². The normalized spacial score (nSPS) is 19.4. The number of aliphatic hydroxyl groups excluding tert-OH is 1. The summed E-state index contributed by atoms with van der Waals surface area (Å²) in [5, 5.41) is 10.2. The first-order chi connectivity index (χ1) is 14.4. The topological polar surface area (TPSA) is 86.5 Å². The number of fused-ring (bicyclic) bond motifs is 3. The van der Waals surface area contributed by atoms with Gasteiger partial charge in [0.05, 0.1) is 35.1 Å². The highest BCUT2D eigenvalue weighted by Gasteiger charge is 2.37. The van der Waals surface area contributed by atoms with Crippen LogP contribution in [-0.2, 0) is 4.79 Å². The van der Waals surface area contributed by atoms with Crippen molar-refractivity contribution in [2.75, 3.05) is 6.54 Å². The summed E-state index contributed by atoms with van der Waals surface area (Å²) in [7, 11) is 0. The summed E-state index contributed by atoms with van der Waals surface area (Å²) in [6, 6.07) is 7.46. The van der Waals surface area contributed by atoms with Crippen molar-refractivity contribution in [2.24, 2.45) is 0 Å². The number of nitrogens with zero attached hydrogens (tertiary/aromatic N) is 4. The average Bonchev–Trinajstić information content (AvgIpc) is 3.43. The number of aliphatic hydroxyl groups is 1. The lowest BCUT2D eigenvalue weighted by molar-refractivity contribution is -0.130. The van der Waals surface area contributed by atoms with Crippen molar-refractivity contribution < 1.29 is 18.7 Å². The number of alkyl halides is 2. The summed E-state index contributed by atoms with van der Waals surface area (Å²) < 4.78 is 27.8. The van der Waals surface area contributed by atoms with Gasteiger partial charge in [0, 0.05) is 37.2 Å². The highest BCUT2D eigenvalue weighted by atomic mass is 19.3. The first-order valence-corrected chi connectivity index (χ1v) is 9.62. The Hall–Kier alpha value is -3.33. The summed E-state index contributed by atoms with van der Waals surface area (Å²) in [5.41, 5.74) is 3.35. The number of carbonyl (C=O) groups is 1. The quantitative estimate of drug-likeness (QED) is 0.541. The van der Waals surface area contributed by atoms with Crippen LogP contribution in [0.25, 0.3) is 27.9 Å². The number of carbonyl (C=O) groups excluding carboxylic acids is 1. The molecule has 4 heterocycles. The molecule has 7 nitrogen and oxygen atoms in total. The number of aromatic amines is 1. The molecule has 1 saturated heterocycles. The van der Waals surface area contributed by atoms with Gasteiger partial charge in [0.15, 0.2) is 5.65 Å². The smallest absolute Gasteiger partial charge is 0.263 e. The van der Waals surface area contributed by atoms with E-state index < -0.39 is 18.6 Å². The van der Waals surface area contributed by atoms with E-state index in [0.717, 1.165) is 5.52 Å². The minimum atomic E-state index is -2.54. The zero-order valence-corrected chi connectivity index (χ0v) is 16.1. The fourth-order valence-electron chi connectivity index (χ4n) is 4.21. The minimum Gasteiger partial charge on any atom is -0.391 e. The molecule has 0 spiro atoms. The fraction of sp³-hybridized carbons (Fsp3) is 0.286. The number of rotatable bonds is 3. The number of benzene rings is 1. The summed E-state index contributed by atoms with van der Waals surface area (Å²) in [6.45, 7) is 1.72. The SMILES string of the molecule is CC(=O)N1C[C@H](O)C[C@@H]1c1nc(-c2ccc(C(F)F)cc2)c2cnc3[nH]ccc3n12. The molecule has 0 unspecified atom stereocenters. The predicted molar refractivity (Wildman–Crippen MR) is 106 cm³/mol. The van der Waals surface area contributed by atoms with Gasteiger partial charge in [-0.05, 0) is 6.07 Å². The van der Waals surface area contributed by atoms with Crippen LogP contribution >= 0.6 is 0 Å². The van der Waals surface area contributed by atoms with E-state index >= 15 is 0 Å². The number of halogens is 2. The maximum Gasteiger partial charge on any atom is 0.263 e. The van der Waals surface area contributed by atoms with Gasteiger partial charge in [0.25, 0.3) is 6.43 Å². The van der Waals surface area contributed by atoms with Crippen LogP contribution < -0.4 is 0 Å². The zero-order valence-electron chi connectivity index (χ0n) is 16.1. The number of nitrogens with one attached hydrogen (secondary N) is 1. The average molecular weight is 411 g/mol. The van der Waals surface area contributed by atoms with Crippen LogP contribution in [0.5, 0.6) is 0 Å². The molecule has 1 fully saturated rings. The number of aromatic nitrogens is 4. The molecule has 1 aliphatic heterocycles. The Kier molecular flexibility index (Phi) is 4.28. The third kappa shape index (κ3) is 2.85. The number of hydrogen-bond acceptors (Lipinski definition) is 4. The number of β-amino-alcohol motifs (C(OH)–C–C–N with tert-alkyl or cyclic N) is 1. The van der Waals surface area contributed by atoms with E-state index in [-0.39, 0.29) is 18.0 Å². The number of amides is 1. The summed E-state index contributed by atoms with van der Waals surface area (Å²) in [4.78, 5) is 26.1. The van der Waals surface area contributed by atoms with Gasteiger partial charge in [-0.25, -0.2) is 18.7 Å². The second-order valence-electron chi connectivity index (χ2n) is 7.51. The lowest BCUT2D eigenvalue weighted by Gasteiger charge is -2.22. The number of H-pyrrole nitrogens is 1. The van der Waals surface area contributed by atoms with E-state index in [9.17, 15) is 18.7 Å². The minimum absolute atomic E-state index is 0.0599. The first kappa shape index (κ1) is 18.7. The molecule has 0 radical (unpaired) electrons. The molecule has 1 aromatic carbocycles. The number of imidazole rings is 1. The molecule has 1 amide bonds. The Morgan fingerprint density at radius 1 is 1.23 bits per heavy atom. The maximum absolute atomic E-state index is 13.0. The van der Waals surface area contributed by atoms with E-state index in [1.165, 1.54) is 19.1 Å². The van der Waals surface area contributed by atoms with Crippen LogP contribution in [0.2, 0.25) is 0 Å². The van der Waals surface area contributed by atoms with Crippen molar-refractivity contribution in [2.45, 2.75) is 31.9 Å². The molecule has 0 saturated carbocycles. The fourth-order valence-corrected chi connectivity index (χ4v) is 4.21. The third-order valence-corrected chi connectivity index (χ3v) is 5.62. The molecule has 1 aliphatic rings. The van der Waals surface area contributed by atoms with Gasteiger partial charge in [-0.3, -0.25) is 9.20 Å². The van der Waals surface area contributed by atoms with Crippen molar-refractivity contribution >= 4 is 22.6 Å². The van der Waals surface area contributed by atoms with Gasteiger partial charge in [0.1, 0.15) is 5.82 Å². The van der Waals surface area contributed by atoms with Crippen molar-refractivity contribution in [1.29, 1.82) is 0 Å². The summed E-state index contributed by atoms with van der Waals surface area (Å²) in [6.07, 6.45) is 0.637. The molecule has 5 rings (SSSR count). The Morgan fingerprint density at radius 3 is 2.70 bits per heavy atom. The Bertz CT molecular complexity index is 1250. The van der Waals surface area contributed by atoms with E-state index in [1.807, 2.05) is 10.5 Å². The van der Waals surface area contributed by atoms with Crippen LogP contribution in [0.4, 0.5) is 8.78 Å². The van der Waals surface area contributed by atoms with Gasteiger partial charge in [-0.2, -0.15) is 0 Å². The van der Waals surface area contributed by atoms with Crippen LogP contribution in [-0.4, -0.2) is 47.9 Å². The molecule has 154 valence electrons. The second kappa shape index (κ2) is 6.88. The van der Waals surface area contributed by atoms with Crippen LogP contribution in [0.15, 0.2) is 42.7 Å². The summed E-state index contributed by atoms with van der Waals surface area (Å²) >= 11 is 0. The molecular weight excluding hydrogens is 392 g/mol. The molecular formula is C21H19F2N5O2. The third-order valence-electron chi connectivity index (χ3n) is 5.62. The Morgan fingerprint density at radius 2 is 2.00 bits per heavy atom. The molecule has 4 aromatic rings. The monoisotopic (exact) mass is 411 g/mol.